The Hall–Kier alpha value is -1.56. The van der Waals surface area contributed by atoms with Gasteiger partial charge in [-0.3, -0.25) is 14.4 Å². The van der Waals surface area contributed by atoms with Crippen LogP contribution < -0.4 is 0 Å². The number of halogens is 2. The summed E-state index contributed by atoms with van der Waals surface area (Å²) in [7, 11) is 0. The number of piperazine rings is 1. The Labute approximate surface area is 158 Å². The number of aryl methyl sites for hydroxylation is 2. The topological polar surface area (TPSA) is 41.4 Å². The second kappa shape index (κ2) is 8.21. The summed E-state index contributed by atoms with van der Waals surface area (Å²) in [4.78, 5) is 16.6. The Bertz CT molecular complexity index is 738. The molecule has 1 saturated heterocycles. The number of hydrogen-bond acceptors (Lipinski definition) is 3. The van der Waals surface area contributed by atoms with E-state index in [4.69, 9.17) is 23.2 Å². The molecule has 0 radical (unpaired) electrons. The van der Waals surface area contributed by atoms with Crippen LogP contribution in [0.25, 0.3) is 0 Å². The van der Waals surface area contributed by atoms with E-state index >= 15 is 0 Å². The summed E-state index contributed by atoms with van der Waals surface area (Å²) in [6.07, 6.45) is 2.40. The number of amides is 1. The van der Waals surface area contributed by atoms with Crippen LogP contribution in [0, 0.1) is 6.92 Å². The molecule has 1 aliphatic rings. The zero-order valence-electron chi connectivity index (χ0n) is 14.3. The zero-order chi connectivity index (χ0) is 17.8. The van der Waals surface area contributed by atoms with Gasteiger partial charge in [0.1, 0.15) is 0 Å². The van der Waals surface area contributed by atoms with Gasteiger partial charge in [0, 0.05) is 61.9 Å². The lowest BCUT2D eigenvalue weighted by Gasteiger charge is -2.35. The van der Waals surface area contributed by atoms with Crippen LogP contribution in [-0.2, 0) is 17.9 Å². The average Bonchev–Trinajstić information content (AvgIpc) is 3.01. The lowest BCUT2D eigenvalue weighted by Crippen LogP contribution is -2.48. The highest BCUT2D eigenvalue weighted by atomic mass is 35.5. The van der Waals surface area contributed by atoms with Crippen molar-refractivity contribution >= 4 is 29.1 Å². The number of nitrogens with zero attached hydrogens (tertiary/aromatic N) is 4. The monoisotopic (exact) mass is 380 g/mol. The van der Waals surface area contributed by atoms with Crippen LogP contribution in [0.15, 0.2) is 30.5 Å². The molecule has 1 amide bonds. The second-order valence-corrected chi connectivity index (χ2v) is 7.21. The van der Waals surface area contributed by atoms with Gasteiger partial charge in [0.2, 0.25) is 5.91 Å². The molecular weight excluding hydrogens is 359 g/mol. The number of carbonyl (C=O) groups excluding carboxylic acids is 1. The van der Waals surface area contributed by atoms with Gasteiger partial charge in [0.25, 0.3) is 0 Å². The maximum absolute atomic E-state index is 12.4. The summed E-state index contributed by atoms with van der Waals surface area (Å²) in [5.41, 5.74) is 2.04. The van der Waals surface area contributed by atoms with Crippen molar-refractivity contribution in [2.24, 2.45) is 0 Å². The van der Waals surface area contributed by atoms with E-state index in [2.05, 4.69) is 10.00 Å². The van der Waals surface area contributed by atoms with E-state index in [0.717, 1.165) is 44.0 Å². The van der Waals surface area contributed by atoms with Gasteiger partial charge < -0.3 is 4.90 Å². The predicted octanol–water partition coefficient (Wildman–Crippen LogP) is 3.23. The molecule has 2 heterocycles. The van der Waals surface area contributed by atoms with Gasteiger partial charge in [-0.05, 0) is 30.7 Å². The van der Waals surface area contributed by atoms with Crippen LogP contribution in [0.4, 0.5) is 0 Å². The largest absolute Gasteiger partial charge is 0.340 e. The van der Waals surface area contributed by atoms with E-state index in [0.29, 0.717) is 23.0 Å². The summed E-state index contributed by atoms with van der Waals surface area (Å²) in [5.74, 6) is 0.192. The lowest BCUT2D eigenvalue weighted by atomic mass is 10.2. The molecule has 134 valence electrons. The average molecular weight is 381 g/mol. The van der Waals surface area contributed by atoms with Gasteiger partial charge in [-0.1, -0.05) is 29.3 Å². The van der Waals surface area contributed by atoms with Crippen LogP contribution in [0.3, 0.4) is 0 Å². The van der Waals surface area contributed by atoms with Crippen LogP contribution in [-0.4, -0.2) is 51.7 Å². The molecule has 0 spiro atoms. The highest BCUT2D eigenvalue weighted by Gasteiger charge is 2.21. The Kier molecular flexibility index (Phi) is 5.99. The van der Waals surface area contributed by atoms with Crippen molar-refractivity contribution in [2.75, 3.05) is 26.2 Å². The first-order chi connectivity index (χ1) is 12.0. The molecule has 5 nitrogen and oxygen atoms in total. The fourth-order valence-corrected chi connectivity index (χ4v) is 3.47. The third-order valence-corrected chi connectivity index (χ3v) is 5.05. The molecule has 1 aromatic heterocycles. The van der Waals surface area contributed by atoms with E-state index in [9.17, 15) is 4.79 Å². The number of rotatable bonds is 5. The molecule has 7 heteroatoms. The first kappa shape index (κ1) is 18.2. The van der Waals surface area contributed by atoms with E-state index < -0.39 is 0 Å². The predicted molar refractivity (Wildman–Crippen MR) is 99.9 cm³/mol. The first-order valence-corrected chi connectivity index (χ1v) is 9.21. The molecule has 2 aromatic rings. The second-order valence-electron chi connectivity index (χ2n) is 6.36. The van der Waals surface area contributed by atoms with Crippen LogP contribution in [0.2, 0.25) is 10.0 Å². The van der Waals surface area contributed by atoms with Crippen LogP contribution in [0.5, 0.6) is 0 Å². The summed E-state index contributed by atoms with van der Waals surface area (Å²) in [6, 6.07) is 7.55. The van der Waals surface area contributed by atoms with Gasteiger partial charge in [0.15, 0.2) is 0 Å². The van der Waals surface area contributed by atoms with E-state index in [-0.39, 0.29) is 5.91 Å². The zero-order valence-corrected chi connectivity index (χ0v) is 15.8. The lowest BCUT2D eigenvalue weighted by molar-refractivity contribution is -0.133. The van der Waals surface area contributed by atoms with E-state index in [1.54, 1.807) is 6.07 Å². The van der Waals surface area contributed by atoms with Gasteiger partial charge >= 0.3 is 0 Å². The smallest absolute Gasteiger partial charge is 0.224 e. The highest BCUT2D eigenvalue weighted by Crippen LogP contribution is 2.22. The molecular formula is C18H22Cl2N4O. The number of aromatic nitrogens is 2. The van der Waals surface area contributed by atoms with Crippen molar-refractivity contribution in [2.45, 2.75) is 26.4 Å². The standard InChI is InChI=1S/C18H22Cl2N4O/c1-14-4-6-24(21-14)7-5-18(25)23-10-8-22(9-11-23)13-15-2-3-16(19)12-17(15)20/h2-4,6,12H,5,7-11,13H2,1H3. The first-order valence-electron chi connectivity index (χ1n) is 8.45. The molecule has 3 rings (SSSR count). The molecule has 0 aliphatic carbocycles. The molecule has 1 aliphatic heterocycles. The Morgan fingerprint density at radius 2 is 1.92 bits per heavy atom. The molecule has 0 N–H and O–H groups in total. The van der Waals surface area contributed by atoms with Crippen molar-refractivity contribution in [3.05, 3.63) is 51.8 Å². The van der Waals surface area contributed by atoms with Crippen LogP contribution in [0.1, 0.15) is 17.7 Å². The van der Waals surface area contributed by atoms with Gasteiger partial charge in [0.05, 0.1) is 5.69 Å². The Morgan fingerprint density at radius 1 is 1.16 bits per heavy atom. The number of carbonyl (C=O) groups is 1. The number of benzene rings is 1. The minimum Gasteiger partial charge on any atom is -0.340 e. The van der Waals surface area contributed by atoms with Crippen molar-refractivity contribution in [1.82, 2.24) is 19.6 Å². The van der Waals surface area contributed by atoms with Crippen molar-refractivity contribution in [1.29, 1.82) is 0 Å². The fourth-order valence-electron chi connectivity index (χ4n) is 3.00. The quantitative estimate of drug-likeness (QED) is 0.799. The fraction of sp³-hybridized carbons (Fsp3) is 0.444. The summed E-state index contributed by atoms with van der Waals surface area (Å²) < 4.78 is 1.83. The van der Waals surface area contributed by atoms with Gasteiger partial charge in [-0.15, -0.1) is 0 Å². The van der Waals surface area contributed by atoms with Gasteiger partial charge in [-0.25, -0.2) is 0 Å². The minimum absolute atomic E-state index is 0.192. The van der Waals surface area contributed by atoms with E-state index in [1.807, 2.05) is 40.9 Å². The number of hydrogen-bond donors (Lipinski definition) is 0. The van der Waals surface area contributed by atoms with Gasteiger partial charge in [-0.2, -0.15) is 5.10 Å². The molecule has 0 bridgehead atoms. The van der Waals surface area contributed by atoms with Crippen molar-refractivity contribution < 1.29 is 4.79 Å². The normalized spacial score (nSPS) is 15.6. The SMILES string of the molecule is Cc1ccn(CCC(=O)N2CCN(Cc3ccc(Cl)cc3Cl)CC2)n1. The molecule has 0 unspecified atom stereocenters. The molecule has 1 aromatic carbocycles. The van der Waals surface area contributed by atoms with Crippen molar-refractivity contribution in [3.63, 3.8) is 0 Å². The summed E-state index contributed by atoms with van der Waals surface area (Å²) in [5, 5.41) is 5.66. The van der Waals surface area contributed by atoms with Crippen LogP contribution >= 0.6 is 23.2 Å². The highest BCUT2D eigenvalue weighted by molar-refractivity contribution is 6.35. The minimum atomic E-state index is 0.192. The molecule has 0 saturated carbocycles. The summed E-state index contributed by atoms with van der Waals surface area (Å²) >= 11 is 12.2. The third-order valence-electron chi connectivity index (χ3n) is 4.46. The van der Waals surface area contributed by atoms with Crippen molar-refractivity contribution in [3.8, 4) is 0 Å². The molecule has 0 atom stereocenters. The molecule has 1 fully saturated rings. The van der Waals surface area contributed by atoms with E-state index in [1.165, 1.54) is 0 Å². The Balaban J connectivity index is 1.45. The maximum atomic E-state index is 12.4. The third kappa shape index (κ3) is 4.97. The maximum Gasteiger partial charge on any atom is 0.224 e. The molecule has 25 heavy (non-hydrogen) atoms. The Morgan fingerprint density at radius 3 is 2.56 bits per heavy atom. The summed E-state index contributed by atoms with van der Waals surface area (Å²) in [6.45, 7) is 6.57.